The van der Waals surface area contributed by atoms with E-state index in [0.29, 0.717) is 12.8 Å². The van der Waals surface area contributed by atoms with Gasteiger partial charge >= 0.3 is 5.97 Å². The number of carbonyl (C=O) groups excluding carboxylic acids is 1. The summed E-state index contributed by atoms with van der Waals surface area (Å²) >= 11 is 0. The minimum Gasteiger partial charge on any atom is -0.482 e. The minimum absolute atomic E-state index is 0.0963. The summed E-state index contributed by atoms with van der Waals surface area (Å²) in [7, 11) is 0. The Labute approximate surface area is 174 Å². The molecular formula is C25H32O4. The van der Waals surface area contributed by atoms with Crippen molar-refractivity contribution in [2.45, 2.75) is 58.8 Å². The van der Waals surface area contributed by atoms with Crippen molar-refractivity contribution in [1.29, 1.82) is 0 Å². The van der Waals surface area contributed by atoms with E-state index in [1.165, 1.54) is 0 Å². The predicted octanol–water partition coefficient (Wildman–Crippen LogP) is 5.36. The van der Waals surface area contributed by atoms with Crippen molar-refractivity contribution >= 4 is 12.0 Å². The van der Waals surface area contributed by atoms with E-state index >= 15 is 0 Å². The van der Waals surface area contributed by atoms with Gasteiger partial charge in [0.1, 0.15) is 12.7 Å². The Morgan fingerprint density at radius 3 is 2.10 bits per heavy atom. The van der Waals surface area contributed by atoms with E-state index in [-0.39, 0.29) is 24.4 Å². The van der Waals surface area contributed by atoms with Crippen LogP contribution in [-0.4, -0.2) is 23.3 Å². The second kappa shape index (κ2) is 12.1. The Bertz CT molecular complexity index is 755. The largest absolute Gasteiger partial charge is 0.482 e. The molecule has 2 aromatic rings. The smallest absolute Gasteiger partial charge is 0.373 e. The standard InChI is InChI=1S/C25H32O4/c1-4-21(22(26)5-2)23(6-3)29-25(27)24(17-19-13-9-7-10-14-19)28-18-20-15-11-8-12-16-20/h7-17,21-23,26H,4-6,18H2,1-3H3/t21?,22-,23+/m1/s1. The van der Waals surface area contributed by atoms with Crippen LogP contribution in [-0.2, 0) is 20.9 Å². The van der Waals surface area contributed by atoms with Gasteiger partial charge in [-0.3, -0.25) is 0 Å². The van der Waals surface area contributed by atoms with Crippen molar-refractivity contribution in [1.82, 2.24) is 0 Å². The number of carbonyl (C=O) groups is 1. The SMILES string of the molecule is CCC([C@H](O)CC)[C@H](CC)OC(=O)C(=Cc1ccccc1)OCc1ccccc1. The van der Waals surface area contributed by atoms with Crippen LogP contribution in [0.4, 0.5) is 0 Å². The highest BCUT2D eigenvalue weighted by Crippen LogP contribution is 2.23. The van der Waals surface area contributed by atoms with Crippen LogP contribution in [0.15, 0.2) is 66.4 Å². The number of aliphatic hydroxyl groups excluding tert-OH is 1. The van der Waals surface area contributed by atoms with Crippen LogP contribution in [0.25, 0.3) is 6.08 Å². The average Bonchev–Trinajstić information content (AvgIpc) is 2.77. The van der Waals surface area contributed by atoms with Crippen molar-refractivity contribution < 1.29 is 19.4 Å². The van der Waals surface area contributed by atoms with Crippen molar-refractivity contribution in [2.75, 3.05) is 0 Å². The molecule has 0 aliphatic carbocycles. The topological polar surface area (TPSA) is 55.8 Å². The molecule has 29 heavy (non-hydrogen) atoms. The van der Waals surface area contributed by atoms with Gasteiger partial charge in [-0.2, -0.15) is 0 Å². The molecule has 3 atom stereocenters. The number of rotatable bonds is 11. The van der Waals surface area contributed by atoms with E-state index in [1.54, 1.807) is 6.08 Å². The van der Waals surface area contributed by atoms with Crippen molar-refractivity contribution in [3.63, 3.8) is 0 Å². The molecule has 2 rings (SSSR count). The summed E-state index contributed by atoms with van der Waals surface area (Å²) in [5, 5.41) is 10.3. The number of hydrogen-bond acceptors (Lipinski definition) is 4. The quantitative estimate of drug-likeness (QED) is 0.315. The zero-order valence-electron chi connectivity index (χ0n) is 17.6. The third-order valence-electron chi connectivity index (χ3n) is 5.06. The molecule has 0 bridgehead atoms. The van der Waals surface area contributed by atoms with Crippen LogP contribution in [0, 0.1) is 5.92 Å². The van der Waals surface area contributed by atoms with Gasteiger partial charge in [-0.25, -0.2) is 4.79 Å². The number of benzene rings is 2. The van der Waals surface area contributed by atoms with E-state index in [4.69, 9.17) is 9.47 Å². The van der Waals surface area contributed by atoms with Gasteiger partial charge in [0, 0.05) is 5.92 Å². The summed E-state index contributed by atoms with van der Waals surface area (Å²) in [5.74, 6) is -0.432. The highest BCUT2D eigenvalue weighted by atomic mass is 16.6. The first kappa shape index (κ1) is 22.7. The molecule has 0 fully saturated rings. The average molecular weight is 397 g/mol. The molecule has 0 aliphatic heterocycles. The minimum atomic E-state index is -0.501. The molecule has 1 unspecified atom stereocenters. The van der Waals surface area contributed by atoms with Gasteiger partial charge in [0.15, 0.2) is 0 Å². The van der Waals surface area contributed by atoms with E-state index in [2.05, 4.69) is 0 Å². The van der Waals surface area contributed by atoms with E-state index in [9.17, 15) is 9.90 Å². The molecule has 4 heteroatoms. The van der Waals surface area contributed by atoms with Crippen LogP contribution < -0.4 is 0 Å². The summed E-state index contributed by atoms with van der Waals surface area (Å²) in [4.78, 5) is 13.0. The summed E-state index contributed by atoms with van der Waals surface area (Å²) in [6.07, 6.45) is 2.85. The molecule has 0 heterocycles. The zero-order chi connectivity index (χ0) is 21.1. The fourth-order valence-electron chi connectivity index (χ4n) is 3.35. The molecule has 0 saturated heterocycles. The lowest BCUT2D eigenvalue weighted by Crippen LogP contribution is -2.34. The van der Waals surface area contributed by atoms with Crippen molar-refractivity contribution in [3.8, 4) is 0 Å². The molecule has 0 aromatic heterocycles. The maximum Gasteiger partial charge on any atom is 0.373 e. The highest BCUT2D eigenvalue weighted by molar-refractivity contribution is 5.91. The Morgan fingerprint density at radius 1 is 0.931 bits per heavy atom. The normalized spacial score (nSPS) is 14.7. The summed E-state index contributed by atoms with van der Waals surface area (Å²) in [6, 6.07) is 19.3. The number of ether oxygens (including phenoxy) is 2. The van der Waals surface area contributed by atoms with Gasteiger partial charge in [0.05, 0.1) is 6.10 Å². The Balaban J connectivity index is 2.19. The first-order valence-corrected chi connectivity index (χ1v) is 10.4. The lowest BCUT2D eigenvalue weighted by atomic mass is 9.90. The third kappa shape index (κ3) is 7.06. The number of esters is 1. The van der Waals surface area contributed by atoms with Gasteiger partial charge in [-0.05, 0) is 36.5 Å². The van der Waals surface area contributed by atoms with Crippen LogP contribution in [0.2, 0.25) is 0 Å². The number of aliphatic hydroxyl groups is 1. The zero-order valence-corrected chi connectivity index (χ0v) is 17.6. The maximum atomic E-state index is 13.0. The van der Waals surface area contributed by atoms with Gasteiger partial charge in [0.2, 0.25) is 5.76 Å². The Morgan fingerprint density at radius 2 is 1.55 bits per heavy atom. The van der Waals surface area contributed by atoms with Gasteiger partial charge < -0.3 is 14.6 Å². The predicted molar refractivity (Wildman–Crippen MR) is 116 cm³/mol. The summed E-state index contributed by atoms with van der Waals surface area (Å²) in [6.45, 7) is 6.19. The van der Waals surface area contributed by atoms with Crippen molar-refractivity contribution in [2.24, 2.45) is 5.92 Å². The van der Waals surface area contributed by atoms with Crippen LogP contribution in [0.5, 0.6) is 0 Å². The molecular weight excluding hydrogens is 364 g/mol. The molecule has 0 radical (unpaired) electrons. The second-order valence-electron chi connectivity index (χ2n) is 7.09. The Hall–Kier alpha value is -2.59. The van der Waals surface area contributed by atoms with Gasteiger partial charge in [-0.15, -0.1) is 0 Å². The number of hydrogen-bond donors (Lipinski definition) is 1. The molecule has 2 aromatic carbocycles. The molecule has 4 nitrogen and oxygen atoms in total. The van der Waals surface area contributed by atoms with Crippen molar-refractivity contribution in [3.05, 3.63) is 77.5 Å². The van der Waals surface area contributed by atoms with Crippen LogP contribution in [0.1, 0.15) is 51.2 Å². The molecule has 0 spiro atoms. The first-order valence-electron chi connectivity index (χ1n) is 10.4. The Kier molecular flexibility index (Phi) is 9.45. The fraction of sp³-hybridized carbons (Fsp3) is 0.400. The summed E-state index contributed by atoms with van der Waals surface area (Å²) in [5.41, 5.74) is 1.83. The third-order valence-corrected chi connectivity index (χ3v) is 5.06. The first-order chi connectivity index (χ1) is 14.1. The highest BCUT2D eigenvalue weighted by Gasteiger charge is 2.29. The molecule has 0 saturated carbocycles. The lowest BCUT2D eigenvalue weighted by Gasteiger charge is -2.29. The van der Waals surface area contributed by atoms with E-state index in [1.807, 2.05) is 81.4 Å². The monoisotopic (exact) mass is 396 g/mol. The van der Waals surface area contributed by atoms with Crippen LogP contribution in [0.3, 0.4) is 0 Å². The lowest BCUT2D eigenvalue weighted by molar-refractivity contribution is -0.154. The van der Waals surface area contributed by atoms with Gasteiger partial charge in [-0.1, -0.05) is 81.4 Å². The summed E-state index contributed by atoms with van der Waals surface area (Å²) < 4.78 is 11.7. The molecule has 156 valence electrons. The molecule has 1 N–H and O–H groups in total. The molecule has 0 aliphatic rings. The van der Waals surface area contributed by atoms with Crippen LogP contribution >= 0.6 is 0 Å². The molecule has 0 amide bonds. The fourth-order valence-corrected chi connectivity index (χ4v) is 3.35. The van der Waals surface area contributed by atoms with Gasteiger partial charge in [0.25, 0.3) is 0 Å². The van der Waals surface area contributed by atoms with E-state index < -0.39 is 12.1 Å². The second-order valence-corrected chi connectivity index (χ2v) is 7.09. The van der Waals surface area contributed by atoms with E-state index in [0.717, 1.165) is 17.5 Å². The maximum absolute atomic E-state index is 13.0.